The van der Waals surface area contributed by atoms with E-state index in [0.717, 1.165) is 15.8 Å². The molecule has 1 aliphatic heterocycles. The first-order valence-electron chi connectivity index (χ1n) is 8.13. The van der Waals surface area contributed by atoms with Crippen molar-refractivity contribution in [3.05, 3.63) is 53.0 Å². The van der Waals surface area contributed by atoms with Crippen LogP contribution in [0.1, 0.15) is 29.7 Å². The third kappa shape index (κ3) is 3.06. The second kappa shape index (κ2) is 6.57. The molecule has 1 aliphatic rings. The van der Waals surface area contributed by atoms with Crippen molar-refractivity contribution in [1.29, 1.82) is 0 Å². The highest BCUT2D eigenvalue weighted by Crippen LogP contribution is 2.37. The zero-order valence-corrected chi connectivity index (χ0v) is 15.6. The summed E-state index contributed by atoms with van der Waals surface area (Å²) in [5.41, 5.74) is 0. The van der Waals surface area contributed by atoms with Crippen LogP contribution >= 0.6 is 11.3 Å². The van der Waals surface area contributed by atoms with Crippen LogP contribution in [-0.4, -0.2) is 29.5 Å². The van der Waals surface area contributed by atoms with Gasteiger partial charge < -0.3 is 4.42 Å². The molecular weight excluding hydrogens is 377 g/mol. The smallest absolute Gasteiger partial charge is 0.257 e. The normalized spacial score (nSPS) is 18.5. The van der Waals surface area contributed by atoms with E-state index in [4.69, 9.17) is 4.42 Å². The SMILES string of the molecule is Cc1ccc(-c2nnc([C@H]3CCCN3S(=O)(=O)c3cccc(F)c3)o2)s1. The topological polar surface area (TPSA) is 76.3 Å². The van der Waals surface area contributed by atoms with Crippen LogP contribution in [-0.2, 0) is 10.0 Å². The van der Waals surface area contributed by atoms with Gasteiger partial charge in [0.15, 0.2) is 0 Å². The van der Waals surface area contributed by atoms with Crippen LogP contribution in [0.3, 0.4) is 0 Å². The van der Waals surface area contributed by atoms with Gasteiger partial charge in [-0.2, -0.15) is 4.31 Å². The number of hydrogen-bond acceptors (Lipinski definition) is 6. The Kier molecular flexibility index (Phi) is 4.37. The lowest BCUT2D eigenvalue weighted by atomic mass is 10.2. The van der Waals surface area contributed by atoms with Crippen LogP contribution in [0.15, 0.2) is 45.7 Å². The zero-order valence-electron chi connectivity index (χ0n) is 13.9. The molecule has 1 fully saturated rings. The molecule has 1 saturated heterocycles. The molecule has 136 valence electrons. The van der Waals surface area contributed by atoms with Crippen LogP contribution in [0, 0.1) is 12.7 Å². The maximum Gasteiger partial charge on any atom is 0.257 e. The molecule has 1 atom stereocenters. The second-order valence-corrected chi connectivity index (χ2v) is 9.27. The molecule has 0 N–H and O–H groups in total. The van der Waals surface area contributed by atoms with Crippen molar-refractivity contribution in [3.63, 3.8) is 0 Å². The standard InChI is InChI=1S/C17H16FN3O3S2/c1-11-7-8-15(25-11)17-20-19-16(24-17)14-6-3-9-21(14)26(22,23)13-5-2-4-12(18)10-13/h2,4-5,7-8,10,14H,3,6,9H2,1H3/t14-/m1/s1. The summed E-state index contributed by atoms with van der Waals surface area (Å²) in [4.78, 5) is 1.90. The van der Waals surface area contributed by atoms with Crippen LogP contribution in [0.5, 0.6) is 0 Å². The molecular formula is C17H16FN3O3S2. The largest absolute Gasteiger partial charge is 0.418 e. The van der Waals surface area contributed by atoms with E-state index in [9.17, 15) is 12.8 Å². The van der Waals surface area contributed by atoms with Gasteiger partial charge in [-0.3, -0.25) is 0 Å². The van der Waals surface area contributed by atoms with Gasteiger partial charge in [0.25, 0.3) is 5.89 Å². The van der Waals surface area contributed by atoms with Crippen molar-refractivity contribution < 1.29 is 17.2 Å². The minimum atomic E-state index is -3.84. The van der Waals surface area contributed by atoms with Crippen molar-refractivity contribution in [1.82, 2.24) is 14.5 Å². The molecule has 0 aliphatic carbocycles. The predicted molar refractivity (Wildman–Crippen MR) is 94.6 cm³/mol. The predicted octanol–water partition coefficient (Wildman–Crippen LogP) is 3.77. The van der Waals surface area contributed by atoms with Gasteiger partial charge in [0.2, 0.25) is 15.9 Å². The minimum absolute atomic E-state index is 0.0713. The van der Waals surface area contributed by atoms with Gasteiger partial charge in [-0.05, 0) is 50.1 Å². The van der Waals surface area contributed by atoms with Gasteiger partial charge in [-0.15, -0.1) is 21.5 Å². The Bertz CT molecular complexity index is 1040. The monoisotopic (exact) mass is 393 g/mol. The number of benzene rings is 1. The molecule has 0 amide bonds. The summed E-state index contributed by atoms with van der Waals surface area (Å²) in [6, 6.07) is 8.34. The van der Waals surface area contributed by atoms with E-state index < -0.39 is 21.9 Å². The molecule has 0 unspecified atom stereocenters. The van der Waals surface area contributed by atoms with Crippen molar-refractivity contribution in [2.45, 2.75) is 30.7 Å². The zero-order chi connectivity index (χ0) is 18.3. The highest BCUT2D eigenvalue weighted by molar-refractivity contribution is 7.89. The van der Waals surface area contributed by atoms with E-state index in [1.54, 1.807) is 0 Å². The van der Waals surface area contributed by atoms with E-state index in [-0.39, 0.29) is 10.8 Å². The number of nitrogens with zero attached hydrogens (tertiary/aromatic N) is 3. The first-order valence-corrected chi connectivity index (χ1v) is 10.4. The summed E-state index contributed by atoms with van der Waals surface area (Å²) in [6.07, 6.45) is 1.26. The maximum absolute atomic E-state index is 13.5. The third-order valence-electron chi connectivity index (χ3n) is 4.28. The van der Waals surface area contributed by atoms with Crippen LogP contribution in [0.25, 0.3) is 10.8 Å². The van der Waals surface area contributed by atoms with Crippen molar-refractivity contribution in [2.75, 3.05) is 6.54 Å². The molecule has 26 heavy (non-hydrogen) atoms. The van der Waals surface area contributed by atoms with Gasteiger partial charge in [-0.1, -0.05) is 6.07 Å². The number of thiophene rings is 1. The van der Waals surface area contributed by atoms with Gasteiger partial charge in [0.05, 0.1) is 9.77 Å². The van der Waals surface area contributed by atoms with Gasteiger partial charge in [0.1, 0.15) is 11.9 Å². The lowest BCUT2D eigenvalue weighted by Crippen LogP contribution is -2.31. The van der Waals surface area contributed by atoms with Gasteiger partial charge in [-0.25, -0.2) is 12.8 Å². The van der Waals surface area contributed by atoms with Gasteiger partial charge in [0, 0.05) is 11.4 Å². The number of halogens is 1. The van der Waals surface area contributed by atoms with Crippen molar-refractivity contribution >= 4 is 21.4 Å². The van der Waals surface area contributed by atoms with E-state index in [0.29, 0.717) is 25.3 Å². The number of sulfonamides is 1. The Balaban J connectivity index is 1.66. The number of aromatic nitrogens is 2. The summed E-state index contributed by atoms with van der Waals surface area (Å²) in [7, 11) is -3.84. The Hall–Kier alpha value is -2.10. The highest BCUT2D eigenvalue weighted by atomic mass is 32.2. The number of rotatable bonds is 4. The quantitative estimate of drug-likeness (QED) is 0.674. The first kappa shape index (κ1) is 17.3. The van der Waals surface area contributed by atoms with E-state index in [2.05, 4.69) is 10.2 Å². The number of aryl methyl sites for hydroxylation is 1. The van der Waals surface area contributed by atoms with Crippen molar-refractivity contribution in [2.24, 2.45) is 0 Å². The van der Waals surface area contributed by atoms with E-state index in [1.807, 2.05) is 19.1 Å². The fourth-order valence-electron chi connectivity index (χ4n) is 3.06. The lowest BCUT2D eigenvalue weighted by molar-refractivity contribution is 0.332. The highest BCUT2D eigenvalue weighted by Gasteiger charge is 2.39. The first-order chi connectivity index (χ1) is 12.4. The van der Waals surface area contributed by atoms with Crippen molar-refractivity contribution in [3.8, 4) is 10.8 Å². The molecule has 4 rings (SSSR count). The second-order valence-electron chi connectivity index (χ2n) is 6.09. The summed E-state index contributed by atoms with van der Waals surface area (Å²) in [6.45, 7) is 2.31. The average molecular weight is 393 g/mol. The minimum Gasteiger partial charge on any atom is -0.418 e. The van der Waals surface area contributed by atoms with Crippen LogP contribution < -0.4 is 0 Å². The fraction of sp³-hybridized carbons (Fsp3) is 0.294. The Morgan fingerprint density at radius 2 is 2.12 bits per heavy atom. The summed E-state index contributed by atoms with van der Waals surface area (Å²) < 4.78 is 46.4. The summed E-state index contributed by atoms with van der Waals surface area (Å²) in [5, 5.41) is 8.13. The molecule has 3 heterocycles. The Labute approximate surface area is 154 Å². The molecule has 0 radical (unpaired) electrons. The molecule has 0 spiro atoms. The molecule has 3 aromatic rings. The molecule has 2 aromatic heterocycles. The maximum atomic E-state index is 13.5. The molecule has 0 bridgehead atoms. The lowest BCUT2D eigenvalue weighted by Gasteiger charge is -2.21. The third-order valence-corrected chi connectivity index (χ3v) is 7.18. The molecule has 1 aromatic carbocycles. The van der Waals surface area contributed by atoms with E-state index in [1.165, 1.54) is 33.8 Å². The van der Waals surface area contributed by atoms with E-state index >= 15 is 0 Å². The van der Waals surface area contributed by atoms with Gasteiger partial charge >= 0.3 is 0 Å². The molecule has 0 saturated carbocycles. The van der Waals surface area contributed by atoms with Crippen LogP contribution in [0.4, 0.5) is 4.39 Å². The Morgan fingerprint density at radius 3 is 2.85 bits per heavy atom. The average Bonchev–Trinajstić information content (AvgIpc) is 3.34. The number of hydrogen-bond donors (Lipinski definition) is 0. The van der Waals surface area contributed by atoms with Crippen LogP contribution in [0.2, 0.25) is 0 Å². The molecule has 9 heteroatoms. The summed E-state index contributed by atoms with van der Waals surface area (Å²) >= 11 is 1.53. The molecule has 6 nitrogen and oxygen atoms in total. The fourth-order valence-corrected chi connectivity index (χ4v) is 5.53. The summed E-state index contributed by atoms with van der Waals surface area (Å²) in [5.74, 6) is 0.0617. The Morgan fingerprint density at radius 1 is 1.27 bits per heavy atom.